The van der Waals surface area contributed by atoms with Crippen LogP contribution in [0.4, 0.5) is 0 Å². The van der Waals surface area contributed by atoms with Crippen molar-refractivity contribution in [1.29, 1.82) is 0 Å². The van der Waals surface area contributed by atoms with Gasteiger partial charge in [-0.3, -0.25) is 19.2 Å². The number of hydrogen-bond donors (Lipinski definition) is 1. The molecule has 0 radical (unpaired) electrons. The molecule has 3 heterocycles. The maximum atomic E-state index is 14.3. The Bertz CT molecular complexity index is 1620. The van der Waals surface area contributed by atoms with E-state index in [1.54, 1.807) is 56.2 Å². The van der Waals surface area contributed by atoms with Gasteiger partial charge in [0, 0.05) is 44.6 Å². The van der Waals surface area contributed by atoms with Gasteiger partial charge in [-0.2, -0.15) is 0 Å². The van der Waals surface area contributed by atoms with Crippen LogP contribution in [-0.2, 0) is 33.8 Å². The molecule has 0 unspecified atom stereocenters. The smallest absolute Gasteiger partial charge is 0.253 e. The predicted molar refractivity (Wildman–Crippen MR) is 177 cm³/mol. The van der Waals surface area contributed by atoms with Gasteiger partial charge >= 0.3 is 0 Å². The number of nitrogens with zero attached hydrogens (tertiary/aromatic N) is 5. The van der Waals surface area contributed by atoms with Crippen molar-refractivity contribution in [2.75, 3.05) is 32.7 Å². The van der Waals surface area contributed by atoms with E-state index in [0.29, 0.717) is 18.5 Å². The van der Waals surface area contributed by atoms with Crippen molar-refractivity contribution in [3.05, 3.63) is 114 Å². The third kappa shape index (κ3) is 7.07. The maximum absolute atomic E-state index is 14.3. The van der Waals surface area contributed by atoms with Crippen LogP contribution >= 0.6 is 0 Å². The number of likely N-dealkylation sites (tertiary alicyclic amines) is 1. The second-order valence-corrected chi connectivity index (χ2v) is 12.4. The molecule has 47 heavy (non-hydrogen) atoms. The summed E-state index contributed by atoms with van der Waals surface area (Å²) in [7, 11) is 0. The molecule has 6 rings (SSSR count). The molecular weight excluding hydrogens is 594 g/mol. The number of hydrazine groups is 1. The standard InChI is InChI=1S/C37H41N5O5/c1-2-19-40-26-35(45)41-32(23-28-13-16-31(43)17-14-28)37(47)39(24-29-11-8-12-30(22-29)36(46)38-20-6-7-21-38)25-33(41)42(40)34(44)18-15-27-9-4-3-5-10-27/h2-5,8-14,16-17,22,32-33,43H,1,6-7,15,18-21,23-26H2/t32-,33-/m0/s1. The van der Waals surface area contributed by atoms with E-state index >= 15 is 0 Å². The zero-order valence-electron chi connectivity index (χ0n) is 26.5. The van der Waals surface area contributed by atoms with Crippen LogP contribution in [0.25, 0.3) is 0 Å². The topological polar surface area (TPSA) is 105 Å². The van der Waals surface area contributed by atoms with Crippen LogP contribution in [0.15, 0.2) is 91.5 Å². The van der Waals surface area contributed by atoms with E-state index in [1.165, 1.54) is 0 Å². The summed E-state index contributed by atoms with van der Waals surface area (Å²) in [6.45, 7) is 5.93. The largest absolute Gasteiger partial charge is 0.508 e. The van der Waals surface area contributed by atoms with Gasteiger partial charge in [0.05, 0.1) is 13.1 Å². The average molecular weight is 636 g/mol. The summed E-state index contributed by atoms with van der Waals surface area (Å²) in [6, 6.07) is 22.9. The Morgan fingerprint density at radius 2 is 1.62 bits per heavy atom. The molecule has 10 heteroatoms. The summed E-state index contributed by atoms with van der Waals surface area (Å²) in [5, 5.41) is 13.2. The van der Waals surface area contributed by atoms with E-state index in [9.17, 15) is 24.3 Å². The first-order valence-electron chi connectivity index (χ1n) is 16.3. The number of piperazine rings is 1. The lowest BCUT2D eigenvalue weighted by Crippen LogP contribution is -2.75. The minimum absolute atomic E-state index is 0.0150. The Kier molecular flexibility index (Phi) is 9.68. The molecule has 3 saturated heterocycles. The van der Waals surface area contributed by atoms with Crippen molar-refractivity contribution in [3.63, 3.8) is 0 Å². The Hall–Kier alpha value is -4.96. The fourth-order valence-electron chi connectivity index (χ4n) is 6.90. The van der Waals surface area contributed by atoms with Gasteiger partial charge in [0.2, 0.25) is 17.7 Å². The molecule has 10 nitrogen and oxygen atoms in total. The van der Waals surface area contributed by atoms with Gasteiger partial charge in [0.1, 0.15) is 18.0 Å². The minimum atomic E-state index is -0.865. The molecule has 3 aromatic rings. The lowest BCUT2D eigenvalue weighted by atomic mass is 9.97. The van der Waals surface area contributed by atoms with Gasteiger partial charge in [0.25, 0.3) is 5.91 Å². The summed E-state index contributed by atoms with van der Waals surface area (Å²) >= 11 is 0. The maximum Gasteiger partial charge on any atom is 0.253 e. The zero-order valence-corrected chi connectivity index (χ0v) is 26.5. The number of fused-ring (bicyclic) bond motifs is 1. The number of rotatable bonds is 10. The molecule has 0 aromatic heterocycles. The van der Waals surface area contributed by atoms with Crippen molar-refractivity contribution < 1.29 is 24.3 Å². The predicted octanol–water partition coefficient (Wildman–Crippen LogP) is 3.61. The van der Waals surface area contributed by atoms with Gasteiger partial charge < -0.3 is 19.8 Å². The van der Waals surface area contributed by atoms with E-state index in [2.05, 4.69) is 6.58 Å². The lowest BCUT2D eigenvalue weighted by Gasteiger charge is -2.55. The third-order valence-corrected chi connectivity index (χ3v) is 9.20. The third-order valence-electron chi connectivity index (χ3n) is 9.20. The summed E-state index contributed by atoms with van der Waals surface area (Å²) in [5.74, 6) is -0.518. The van der Waals surface area contributed by atoms with Crippen LogP contribution in [0, 0.1) is 0 Å². The van der Waals surface area contributed by atoms with Crippen LogP contribution in [0.5, 0.6) is 5.75 Å². The van der Waals surface area contributed by atoms with Crippen molar-refractivity contribution >= 4 is 23.6 Å². The average Bonchev–Trinajstić information content (AvgIpc) is 3.62. The summed E-state index contributed by atoms with van der Waals surface area (Å²) in [4.78, 5) is 60.5. The zero-order chi connectivity index (χ0) is 32.9. The van der Waals surface area contributed by atoms with E-state index in [1.807, 2.05) is 53.4 Å². The number of amides is 4. The minimum Gasteiger partial charge on any atom is -0.508 e. The molecule has 1 N–H and O–H groups in total. The molecule has 0 spiro atoms. The highest BCUT2D eigenvalue weighted by Crippen LogP contribution is 2.30. The van der Waals surface area contributed by atoms with Crippen LogP contribution in [0.3, 0.4) is 0 Å². The molecule has 3 fully saturated rings. The van der Waals surface area contributed by atoms with Gasteiger partial charge in [-0.25, -0.2) is 10.0 Å². The Balaban J connectivity index is 1.32. The van der Waals surface area contributed by atoms with Crippen LogP contribution in [-0.4, -0.2) is 98.4 Å². The number of carbonyl (C=O) groups is 4. The molecule has 2 atom stereocenters. The van der Waals surface area contributed by atoms with Gasteiger partial charge in [0.15, 0.2) is 0 Å². The number of phenolic OH excluding ortho intramolecular Hbond substituents is 1. The second-order valence-electron chi connectivity index (χ2n) is 12.4. The Morgan fingerprint density at radius 3 is 2.34 bits per heavy atom. The molecule has 3 aliphatic rings. The van der Waals surface area contributed by atoms with Crippen molar-refractivity contribution in [2.24, 2.45) is 0 Å². The van der Waals surface area contributed by atoms with E-state index in [-0.39, 0.29) is 61.9 Å². The monoisotopic (exact) mass is 635 g/mol. The van der Waals surface area contributed by atoms with Crippen LogP contribution < -0.4 is 0 Å². The lowest BCUT2D eigenvalue weighted by molar-refractivity contribution is -0.205. The van der Waals surface area contributed by atoms with Crippen LogP contribution in [0.2, 0.25) is 0 Å². The SMILES string of the molecule is C=CCN1CC(=O)N2[C@@H](Cc3ccc(O)cc3)C(=O)N(Cc3cccc(C(=O)N4CCCC4)c3)C[C@@H]2N1C(=O)CCc1ccccc1. The quantitative estimate of drug-likeness (QED) is 0.342. The van der Waals surface area contributed by atoms with Crippen molar-refractivity contribution in [2.45, 2.75) is 50.9 Å². The molecule has 0 saturated carbocycles. The van der Waals surface area contributed by atoms with Gasteiger partial charge in [-0.1, -0.05) is 60.7 Å². The van der Waals surface area contributed by atoms with E-state index in [0.717, 1.165) is 42.6 Å². The van der Waals surface area contributed by atoms with E-state index in [4.69, 9.17) is 0 Å². The number of phenols is 1. The summed E-state index contributed by atoms with van der Waals surface area (Å²) in [5.41, 5.74) is 3.20. The van der Waals surface area contributed by atoms with Gasteiger partial charge in [-0.05, 0) is 60.2 Å². The molecule has 3 aliphatic heterocycles. The highest BCUT2D eigenvalue weighted by atomic mass is 16.3. The normalized spacial score (nSPS) is 20.0. The molecular formula is C37H41N5O5. The number of carbonyl (C=O) groups excluding carboxylic acids is 4. The van der Waals surface area contributed by atoms with Crippen molar-refractivity contribution in [3.8, 4) is 5.75 Å². The first kappa shape index (κ1) is 32.0. The molecule has 4 amide bonds. The number of benzene rings is 3. The molecule has 244 valence electrons. The highest BCUT2D eigenvalue weighted by molar-refractivity contribution is 5.95. The van der Waals surface area contributed by atoms with Crippen LogP contribution in [0.1, 0.15) is 46.3 Å². The van der Waals surface area contributed by atoms with E-state index < -0.39 is 12.2 Å². The first-order valence-corrected chi connectivity index (χ1v) is 16.3. The molecule has 0 aliphatic carbocycles. The summed E-state index contributed by atoms with van der Waals surface area (Å²) in [6.07, 6.45) is 3.92. The first-order chi connectivity index (χ1) is 22.8. The Morgan fingerprint density at radius 1 is 0.894 bits per heavy atom. The van der Waals surface area contributed by atoms with Crippen molar-refractivity contribution in [1.82, 2.24) is 24.7 Å². The fraction of sp³-hybridized carbons (Fsp3) is 0.351. The number of aryl methyl sites for hydroxylation is 1. The second kappa shape index (κ2) is 14.2. The Labute approximate surface area is 275 Å². The number of aromatic hydroxyl groups is 1. The molecule has 3 aromatic carbocycles. The van der Waals surface area contributed by atoms with Gasteiger partial charge in [-0.15, -0.1) is 6.58 Å². The fourth-order valence-corrected chi connectivity index (χ4v) is 6.90. The summed E-state index contributed by atoms with van der Waals surface area (Å²) < 4.78 is 0. The highest BCUT2D eigenvalue weighted by Gasteiger charge is 2.51. The molecule has 0 bridgehead atoms. The number of hydrogen-bond acceptors (Lipinski definition) is 6.